The second-order valence-electron chi connectivity index (χ2n) is 8.28. The fourth-order valence-electron chi connectivity index (χ4n) is 4.21. The van der Waals surface area contributed by atoms with E-state index in [9.17, 15) is 18.4 Å². The first-order chi connectivity index (χ1) is 17.3. The van der Waals surface area contributed by atoms with E-state index in [0.717, 1.165) is 21.8 Å². The van der Waals surface area contributed by atoms with E-state index >= 15 is 0 Å². The van der Waals surface area contributed by atoms with Gasteiger partial charge < -0.3 is 10.6 Å². The molecule has 5 rings (SSSR count). The Morgan fingerprint density at radius 1 is 1.14 bits per heavy atom. The number of carbonyl (C=O) groups is 2. The average molecular weight is 507 g/mol. The lowest BCUT2D eigenvalue weighted by Gasteiger charge is -2.15. The van der Waals surface area contributed by atoms with Gasteiger partial charge in [0.1, 0.15) is 17.2 Å². The smallest absolute Gasteiger partial charge is 0.270 e. The molecular weight excluding hydrogens is 490 g/mol. The Hall–Kier alpha value is -4.36. The molecule has 8 nitrogen and oxygen atoms in total. The average Bonchev–Trinajstić information content (AvgIpc) is 3.46. The predicted molar refractivity (Wildman–Crippen MR) is 125 cm³/mol. The second-order valence-corrected chi connectivity index (χ2v) is 8.68. The SMILES string of the molecule is N#Cc1ccc2c(c1)CC[C@@H]2NC(=O)c1cc(C(=O)NCc2ccc(F)c(Cl)c2)nc2c(F)cnn12. The number of amides is 2. The van der Waals surface area contributed by atoms with Crippen molar-refractivity contribution in [1.82, 2.24) is 25.2 Å². The summed E-state index contributed by atoms with van der Waals surface area (Å²) in [5, 5.41) is 18.4. The van der Waals surface area contributed by atoms with Gasteiger partial charge in [0.15, 0.2) is 11.5 Å². The predicted octanol–water partition coefficient (Wildman–Crippen LogP) is 3.88. The molecular formula is C25H17ClF2N6O2. The molecule has 0 fully saturated rings. The van der Waals surface area contributed by atoms with Gasteiger partial charge in [-0.05, 0) is 53.8 Å². The molecule has 0 saturated carbocycles. The zero-order valence-electron chi connectivity index (χ0n) is 18.6. The van der Waals surface area contributed by atoms with Crippen LogP contribution in [0.5, 0.6) is 0 Å². The summed E-state index contributed by atoms with van der Waals surface area (Å²) < 4.78 is 28.8. The van der Waals surface area contributed by atoms with Gasteiger partial charge in [-0.1, -0.05) is 23.7 Å². The first kappa shape index (κ1) is 23.4. The first-order valence-corrected chi connectivity index (χ1v) is 11.3. The molecule has 2 N–H and O–H groups in total. The summed E-state index contributed by atoms with van der Waals surface area (Å²) in [4.78, 5) is 30.0. The molecule has 2 aromatic carbocycles. The highest BCUT2D eigenvalue weighted by atomic mass is 35.5. The molecule has 36 heavy (non-hydrogen) atoms. The summed E-state index contributed by atoms with van der Waals surface area (Å²) in [5.74, 6) is -2.60. The number of rotatable bonds is 5. The summed E-state index contributed by atoms with van der Waals surface area (Å²) >= 11 is 5.78. The molecule has 11 heteroatoms. The standard InChI is InChI=1S/C25H17ClF2N6O2/c26-17-8-14(2-5-18(17)27)11-30-24(35)21-9-22(34-23(32-21)19(28)12-31-34)25(36)33-20-6-3-15-7-13(10-29)1-4-16(15)20/h1-2,4-5,7-9,12,20H,3,6,11H2,(H,30,35)(H,33,36)/t20-/m0/s1. The van der Waals surface area contributed by atoms with Crippen molar-refractivity contribution in [3.05, 3.63) is 99.0 Å². The molecule has 0 radical (unpaired) electrons. The van der Waals surface area contributed by atoms with Gasteiger partial charge in [0.05, 0.1) is 28.9 Å². The Morgan fingerprint density at radius 2 is 1.97 bits per heavy atom. The number of nitrogens with one attached hydrogen (secondary N) is 2. The van der Waals surface area contributed by atoms with E-state index in [1.807, 2.05) is 6.07 Å². The highest BCUT2D eigenvalue weighted by molar-refractivity contribution is 6.30. The molecule has 0 bridgehead atoms. The molecule has 1 aliphatic rings. The monoisotopic (exact) mass is 506 g/mol. The molecule has 0 aliphatic heterocycles. The normalized spacial score (nSPS) is 14.3. The topological polar surface area (TPSA) is 112 Å². The van der Waals surface area contributed by atoms with E-state index in [4.69, 9.17) is 16.9 Å². The van der Waals surface area contributed by atoms with Crippen LogP contribution in [-0.4, -0.2) is 26.4 Å². The van der Waals surface area contributed by atoms with Crippen LogP contribution in [0.25, 0.3) is 5.65 Å². The van der Waals surface area contributed by atoms with Crippen LogP contribution in [0.15, 0.2) is 48.7 Å². The van der Waals surface area contributed by atoms with Crippen molar-refractivity contribution in [2.75, 3.05) is 0 Å². The zero-order chi connectivity index (χ0) is 25.4. The quantitative estimate of drug-likeness (QED) is 0.426. The molecule has 2 aromatic heterocycles. The lowest BCUT2D eigenvalue weighted by atomic mass is 10.1. The third-order valence-corrected chi connectivity index (χ3v) is 6.28. The third-order valence-electron chi connectivity index (χ3n) is 5.99. The van der Waals surface area contributed by atoms with Crippen molar-refractivity contribution >= 4 is 29.1 Å². The van der Waals surface area contributed by atoms with Crippen molar-refractivity contribution in [2.24, 2.45) is 0 Å². The number of fused-ring (bicyclic) bond motifs is 2. The van der Waals surface area contributed by atoms with Crippen LogP contribution in [0.2, 0.25) is 5.02 Å². The highest BCUT2D eigenvalue weighted by Gasteiger charge is 2.27. The highest BCUT2D eigenvalue weighted by Crippen LogP contribution is 2.32. The molecule has 1 aliphatic carbocycles. The van der Waals surface area contributed by atoms with Crippen LogP contribution in [0.3, 0.4) is 0 Å². The van der Waals surface area contributed by atoms with E-state index in [2.05, 4.69) is 26.8 Å². The van der Waals surface area contributed by atoms with Gasteiger partial charge in [0, 0.05) is 12.6 Å². The molecule has 2 amide bonds. The van der Waals surface area contributed by atoms with Gasteiger partial charge in [-0.2, -0.15) is 10.4 Å². The number of hydrogen-bond acceptors (Lipinski definition) is 5. The van der Waals surface area contributed by atoms with Crippen LogP contribution in [-0.2, 0) is 13.0 Å². The van der Waals surface area contributed by atoms with Crippen molar-refractivity contribution in [3.63, 3.8) is 0 Å². The van der Waals surface area contributed by atoms with Crippen LogP contribution in [0.4, 0.5) is 8.78 Å². The summed E-state index contributed by atoms with van der Waals surface area (Å²) in [6, 6.07) is 12.3. The first-order valence-electron chi connectivity index (χ1n) is 10.9. The lowest BCUT2D eigenvalue weighted by Crippen LogP contribution is -2.30. The number of carbonyl (C=O) groups excluding carboxylic acids is 2. The summed E-state index contributed by atoms with van der Waals surface area (Å²) in [5.41, 5.74) is 2.43. The number of aromatic nitrogens is 3. The Bertz CT molecular complexity index is 1580. The number of benzene rings is 2. The van der Waals surface area contributed by atoms with Gasteiger partial charge in [-0.25, -0.2) is 18.3 Å². The Kier molecular flexibility index (Phi) is 6.08. The van der Waals surface area contributed by atoms with E-state index in [1.165, 1.54) is 24.3 Å². The number of aryl methyl sites for hydroxylation is 1. The Morgan fingerprint density at radius 3 is 2.75 bits per heavy atom. The Labute approximate surface area is 208 Å². The molecule has 0 spiro atoms. The molecule has 0 saturated heterocycles. The lowest BCUT2D eigenvalue weighted by molar-refractivity contribution is 0.0929. The summed E-state index contributed by atoms with van der Waals surface area (Å²) in [7, 11) is 0. The minimum absolute atomic E-state index is 0.0124. The van der Waals surface area contributed by atoms with Gasteiger partial charge in [0.25, 0.3) is 11.8 Å². The van der Waals surface area contributed by atoms with Crippen LogP contribution < -0.4 is 10.6 Å². The van der Waals surface area contributed by atoms with Crippen molar-refractivity contribution in [2.45, 2.75) is 25.4 Å². The van der Waals surface area contributed by atoms with Crippen molar-refractivity contribution < 1.29 is 18.4 Å². The van der Waals surface area contributed by atoms with Crippen LogP contribution >= 0.6 is 11.6 Å². The van der Waals surface area contributed by atoms with Gasteiger partial charge >= 0.3 is 0 Å². The fraction of sp³-hybridized carbons (Fsp3) is 0.160. The van der Waals surface area contributed by atoms with Gasteiger partial charge in [-0.15, -0.1) is 0 Å². The maximum Gasteiger partial charge on any atom is 0.270 e. The second kappa shape index (κ2) is 9.36. The molecule has 180 valence electrons. The maximum atomic E-state index is 14.4. The zero-order valence-corrected chi connectivity index (χ0v) is 19.3. The molecule has 4 aromatic rings. The number of nitrogens with zero attached hydrogens (tertiary/aromatic N) is 4. The van der Waals surface area contributed by atoms with Crippen LogP contribution in [0.1, 0.15) is 55.7 Å². The van der Waals surface area contributed by atoms with E-state index in [1.54, 1.807) is 12.1 Å². The van der Waals surface area contributed by atoms with Crippen LogP contribution in [0, 0.1) is 23.0 Å². The maximum absolute atomic E-state index is 14.4. The minimum atomic E-state index is -0.792. The van der Waals surface area contributed by atoms with Crippen molar-refractivity contribution in [1.29, 1.82) is 5.26 Å². The minimum Gasteiger partial charge on any atom is -0.347 e. The number of nitriles is 1. The van der Waals surface area contributed by atoms with E-state index < -0.39 is 23.4 Å². The molecule has 2 heterocycles. The number of halogens is 3. The largest absolute Gasteiger partial charge is 0.347 e. The number of hydrogen-bond donors (Lipinski definition) is 2. The van der Waals surface area contributed by atoms with Gasteiger partial charge in [-0.3, -0.25) is 9.59 Å². The Balaban J connectivity index is 1.40. The summed E-state index contributed by atoms with van der Waals surface area (Å²) in [6.45, 7) is 0.0124. The summed E-state index contributed by atoms with van der Waals surface area (Å²) in [6.07, 6.45) is 2.24. The third kappa shape index (κ3) is 4.36. The van der Waals surface area contributed by atoms with E-state index in [0.29, 0.717) is 24.0 Å². The van der Waals surface area contributed by atoms with E-state index in [-0.39, 0.29) is 34.6 Å². The molecule has 0 unspecified atom stereocenters. The fourth-order valence-corrected chi connectivity index (χ4v) is 4.41. The van der Waals surface area contributed by atoms with Crippen molar-refractivity contribution in [3.8, 4) is 6.07 Å². The van der Waals surface area contributed by atoms with Gasteiger partial charge in [0.2, 0.25) is 0 Å². The molecule has 1 atom stereocenters.